The molecule has 0 aliphatic carbocycles. The van der Waals surface area contributed by atoms with Gasteiger partial charge in [-0.15, -0.1) is 0 Å². The van der Waals surface area contributed by atoms with Gasteiger partial charge in [0.2, 0.25) is 31.2 Å². The number of aromatic nitrogens is 3. The molecule has 4 unspecified atom stereocenters. The molecule has 4 heterocycles. The summed E-state index contributed by atoms with van der Waals surface area (Å²) in [5, 5.41) is 9.06. The molecular weight excluding hydrogens is 592 g/mol. The van der Waals surface area contributed by atoms with Gasteiger partial charge in [0.15, 0.2) is 4.96 Å². The van der Waals surface area contributed by atoms with Crippen molar-refractivity contribution < 1.29 is 37.7 Å². The lowest BCUT2D eigenvalue weighted by Gasteiger charge is -2.36. The van der Waals surface area contributed by atoms with Crippen LogP contribution in [0.3, 0.4) is 0 Å². The van der Waals surface area contributed by atoms with E-state index in [0.717, 1.165) is 15.8 Å². The first-order valence-electron chi connectivity index (χ1n) is 13.6. The van der Waals surface area contributed by atoms with Gasteiger partial charge in [-0.2, -0.15) is 0 Å². The highest BCUT2D eigenvalue weighted by molar-refractivity contribution is 7.23. The van der Waals surface area contributed by atoms with Crippen LogP contribution in [0.4, 0.5) is 33.9 Å². The van der Waals surface area contributed by atoms with Gasteiger partial charge in [-0.05, 0) is 36.2 Å². The number of morpholine rings is 1. The van der Waals surface area contributed by atoms with E-state index in [1.54, 1.807) is 38.1 Å². The van der Waals surface area contributed by atoms with Crippen LogP contribution in [-0.2, 0) is 4.74 Å². The number of rotatable bonds is 8. The summed E-state index contributed by atoms with van der Waals surface area (Å²) in [4.78, 5) is 18.2. The number of anilines is 2. The number of hydrogen-bond donors (Lipinski definition) is 2. The van der Waals surface area contributed by atoms with Crippen LogP contribution < -0.4 is 15.4 Å². The second-order valence-electron chi connectivity index (χ2n) is 9.91. The molecule has 1 fully saturated rings. The van der Waals surface area contributed by atoms with E-state index in [4.69, 9.17) is 15.6 Å². The molecule has 10 nitrogen and oxygen atoms in total. The number of amides is 2. The molecule has 2 amide bonds. The van der Waals surface area contributed by atoms with Gasteiger partial charge in [-0.25, -0.2) is 32.2 Å². The van der Waals surface area contributed by atoms with Crippen LogP contribution in [0.15, 0.2) is 59.3 Å². The molecule has 0 bridgehead atoms. The van der Waals surface area contributed by atoms with Crippen molar-refractivity contribution in [3.8, 4) is 17.0 Å². The van der Waals surface area contributed by atoms with Crippen LogP contribution in [0, 0.1) is 0 Å². The molecule has 3 aromatic heterocycles. The Morgan fingerprint density at radius 3 is 2.53 bits per heavy atom. The molecule has 1 aliphatic rings. The first-order chi connectivity index (χ1) is 21.0. The van der Waals surface area contributed by atoms with E-state index in [0.29, 0.717) is 32.7 Å². The lowest BCUT2D eigenvalue weighted by molar-refractivity contribution is -0.292. The molecule has 226 valence electrons. The van der Waals surface area contributed by atoms with Gasteiger partial charge in [-0.3, -0.25) is 9.72 Å². The normalized spacial score (nSPS) is 21.7. The van der Waals surface area contributed by atoms with E-state index in [2.05, 4.69) is 20.5 Å². The number of urea groups is 1. The zero-order chi connectivity index (χ0) is 31.2. The standard InChI is InChI=1S/C28H26F4N6O4S/c1-14(2)18-12-22(42-36-18)35-27(39)33-16-5-3-15(4-6-16)19-13-38-20-8-7-17(11-21(20)43-28(38)34-19)40-10-9-37-23(29)25(31)41-26(32)24(37)30/h3-8,11-14,23-26H,9-10H2,1-2H3,(H2,33,35,39)/i14D. The number of carbonyl (C=O) groups excluding carboxylic acids is 1. The first kappa shape index (κ1) is 27.6. The SMILES string of the molecule is [2H]C(C)(C)c1cc(NC(=O)Nc2ccc(-c3cn4c(n3)sc3cc(OCCN5C(F)C(F)OC(F)C5F)ccc34)cc2)on1. The van der Waals surface area contributed by atoms with Gasteiger partial charge in [0, 0.05) is 31.4 Å². The zero-order valence-corrected chi connectivity index (χ0v) is 23.6. The molecular formula is C28H26F4N6O4S. The minimum Gasteiger partial charge on any atom is -0.492 e. The molecule has 43 heavy (non-hydrogen) atoms. The summed E-state index contributed by atoms with van der Waals surface area (Å²) in [5.74, 6) is -0.406. The van der Waals surface area contributed by atoms with Crippen molar-refractivity contribution in [3.63, 3.8) is 0 Å². The highest BCUT2D eigenvalue weighted by Gasteiger charge is 2.45. The second kappa shape index (κ2) is 11.8. The monoisotopic (exact) mass is 619 g/mol. The minimum absolute atomic E-state index is 0.129. The van der Waals surface area contributed by atoms with Crippen molar-refractivity contribution in [3.05, 3.63) is 60.4 Å². The lowest BCUT2D eigenvalue weighted by Crippen LogP contribution is -2.56. The summed E-state index contributed by atoms with van der Waals surface area (Å²) in [6, 6.07) is 13.3. The van der Waals surface area contributed by atoms with Gasteiger partial charge in [0.1, 0.15) is 12.4 Å². The molecule has 4 atom stereocenters. The van der Waals surface area contributed by atoms with Crippen LogP contribution in [0.2, 0.25) is 0 Å². The summed E-state index contributed by atoms with van der Waals surface area (Å²) < 4.78 is 80.1. The number of nitrogens with zero attached hydrogens (tertiary/aromatic N) is 4. The molecule has 1 saturated heterocycles. The lowest BCUT2D eigenvalue weighted by atomic mass is 10.1. The van der Waals surface area contributed by atoms with Crippen LogP contribution in [0.1, 0.15) is 26.8 Å². The van der Waals surface area contributed by atoms with E-state index in [1.165, 1.54) is 17.4 Å². The number of halogens is 4. The van der Waals surface area contributed by atoms with Crippen LogP contribution in [0.5, 0.6) is 5.75 Å². The third-order valence-corrected chi connectivity index (χ3v) is 7.73. The summed E-state index contributed by atoms with van der Waals surface area (Å²) in [7, 11) is 0. The maximum absolute atomic E-state index is 13.9. The van der Waals surface area contributed by atoms with Crippen molar-refractivity contribution in [2.75, 3.05) is 23.8 Å². The van der Waals surface area contributed by atoms with Crippen LogP contribution in [0.25, 0.3) is 26.4 Å². The van der Waals surface area contributed by atoms with Crippen molar-refractivity contribution in [1.82, 2.24) is 19.4 Å². The average molecular weight is 620 g/mol. The van der Waals surface area contributed by atoms with Crippen LogP contribution in [-0.4, -0.2) is 63.9 Å². The van der Waals surface area contributed by atoms with E-state index in [1.807, 2.05) is 28.8 Å². The van der Waals surface area contributed by atoms with Crippen molar-refractivity contribution in [2.45, 2.75) is 45.0 Å². The number of thiazole rings is 1. The number of carbonyl (C=O) groups is 1. The topological polar surface area (TPSA) is 106 Å². The smallest absolute Gasteiger partial charge is 0.326 e. The number of imidazole rings is 1. The van der Waals surface area contributed by atoms with Crippen molar-refractivity contribution >= 4 is 44.1 Å². The molecule has 15 heteroatoms. The Bertz CT molecular complexity index is 1780. The predicted molar refractivity (Wildman–Crippen MR) is 152 cm³/mol. The van der Waals surface area contributed by atoms with E-state index >= 15 is 0 Å². The Labute approximate surface area is 247 Å². The summed E-state index contributed by atoms with van der Waals surface area (Å²) in [5.41, 5.74) is 3.33. The maximum atomic E-state index is 13.9. The highest BCUT2D eigenvalue weighted by atomic mass is 32.1. The number of fused-ring (bicyclic) bond motifs is 3. The Kier molecular flexibility index (Phi) is 7.59. The van der Waals surface area contributed by atoms with Gasteiger partial charge in [0.05, 0.1) is 21.6 Å². The number of ether oxygens (including phenoxy) is 2. The third kappa shape index (κ3) is 6.00. The van der Waals surface area contributed by atoms with E-state index < -0.39 is 37.2 Å². The average Bonchev–Trinajstić information content (AvgIpc) is 3.69. The van der Waals surface area contributed by atoms with Gasteiger partial charge >= 0.3 is 6.03 Å². The summed E-state index contributed by atoms with van der Waals surface area (Å²) in [6.45, 7) is 2.74. The van der Waals surface area contributed by atoms with Gasteiger partial charge in [0.25, 0.3) is 0 Å². The third-order valence-electron chi connectivity index (χ3n) is 6.71. The fourth-order valence-corrected chi connectivity index (χ4v) is 5.52. The minimum atomic E-state index is -2.58. The summed E-state index contributed by atoms with van der Waals surface area (Å²) in [6.07, 6.45) is -8.15. The second-order valence-corrected chi connectivity index (χ2v) is 10.9. The highest BCUT2D eigenvalue weighted by Crippen LogP contribution is 2.33. The molecule has 5 aromatic rings. The quantitative estimate of drug-likeness (QED) is 0.144. The molecule has 2 aromatic carbocycles. The number of hydrogen-bond acceptors (Lipinski definition) is 8. The first-order valence-corrected chi connectivity index (χ1v) is 14.0. The van der Waals surface area contributed by atoms with E-state index in [-0.39, 0.29) is 19.0 Å². The Hall–Kier alpha value is -4.21. The Morgan fingerprint density at radius 1 is 1.09 bits per heavy atom. The number of alkyl halides is 4. The fourth-order valence-electron chi connectivity index (χ4n) is 4.49. The largest absolute Gasteiger partial charge is 0.492 e. The summed E-state index contributed by atoms with van der Waals surface area (Å²) >= 11 is 1.40. The van der Waals surface area contributed by atoms with Crippen LogP contribution >= 0.6 is 11.3 Å². The van der Waals surface area contributed by atoms with Crippen molar-refractivity contribution in [1.29, 1.82) is 0 Å². The molecule has 1 aliphatic heterocycles. The molecule has 0 saturated carbocycles. The van der Waals surface area contributed by atoms with Crippen molar-refractivity contribution in [2.24, 2.45) is 0 Å². The predicted octanol–water partition coefficient (Wildman–Crippen LogP) is 6.86. The molecule has 0 radical (unpaired) electrons. The Balaban J connectivity index is 1.07. The fraction of sp³-hybridized carbons (Fsp3) is 0.321. The molecule has 6 rings (SSSR count). The number of nitrogens with one attached hydrogen (secondary N) is 2. The number of benzene rings is 2. The molecule has 0 spiro atoms. The van der Waals surface area contributed by atoms with Gasteiger partial charge in [-0.1, -0.05) is 42.5 Å². The Morgan fingerprint density at radius 2 is 1.84 bits per heavy atom. The maximum Gasteiger partial charge on any atom is 0.326 e. The van der Waals surface area contributed by atoms with E-state index in [9.17, 15) is 22.4 Å². The zero-order valence-electron chi connectivity index (χ0n) is 23.8. The van der Waals surface area contributed by atoms with Gasteiger partial charge < -0.3 is 19.3 Å². The molecule has 2 N–H and O–H groups in total.